The first kappa shape index (κ1) is 18.5. The van der Waals surface area contributed by atoms with Crippen molar-refractivity contribution >= 4 is 33.5 Å². The van der Waals surface area contributed by atoms with Gasteiger partial charge in [0.1, 0.15) is 11.5 Å². The zero-order chi connectivity index (χ0) is 19.0. The molecule has 7 heteroatoms. The number of benzene rings is 1. The number of halogens is 1. The van der Waals surface area contributed by atoms with E-state index >= 15 is 0 Å². The highest BCUT2D eigenvalue weighted by molar-refractivity contribution is 9.10. The third-order valence-electron chi connectivity index (χ3n) is 4.79. The monoisotopic (exact) mass is 444 g/mol. The van der Waals surface area contributed by atoms with Gasteiger partial charge in [-0.1, -0.05) is 28.1 Å². The molecule has 0 fully saturated rings. The number of aryl methyl sites for hydroxylation is 2. The van der Waals surface area contributed by atoms with Crippen LogP contribution in [0.15, 0.2) is 47.1 Å². The van der Waals surface area contributed by atoms with Crippen LogP contribution in [0.3, 0.4) is 0 Å². The predicted octanol–water partition coefficient (Wildman–Crippen LogP) is 4.16. The molecule has 4 rings (SSSR count). The largest absolute Gasteiger partial charge is 0.394 e. The Morgan fingerprint density at radius 1 is 1.33 bits per heavy atom. The minimum absolute atomic E-state index is 0.0125. The highest BCUT2D eigenvalue weighted by Crippen LogP contribution is 2.47. The molecule has 0 radical (unpaired) electrons. The lowest BCUT2D eigenvalue weighted by Gasteiger charge is -2.19. The summed E-state index contributed by atoms with van der Waals surface area (Å²) in [4.78, 5) is 4.54. The maximum Gasteiger partial charge on any atom is 0.129 e. The van der Waals surface area contributed by atoms with Crippen molar-refractivity contribution in [3.05, 3.63) is 63.8 Å². The lowest BCUT2D eigenvalue weighted by molar-refractivity contribution is 0.282. The summed E-state index contributed by atoms with van der Waals surface area (Å²) in [7, 11) is 1.94. The zero-order valence-electron chi connectivity index (χ0n) is 15.2. The third-order valence-corrected chi connectivity index (χ3v) is 6.70. The van der Waals surface area contributed by atoms with E-state index in [1.165, 1.54) is 11.1 Å². The molecular weight excluding hydrogens is 424 g/mol. The molecule has 0 saturated carbocycles. The molecule has 0 bridgehead atoms. The van der Waals surface area contributed by atoms with Crippen molar-refractivity contribution in [2.45, 2.75) is 18.2 Å². The third kappa shape index (κ3) is 3.51. The van der Waals surface area contributed by atoms with Gasteiger partial charge >= 0.3 is 0 Å². The number of thioether (sulfide) groups is 1. The minimum atomic E-state index is -0.0125. The number of fused-ring (bicyclic) bond motifs is 1. The molecule has 27 heavy (non-hydrogen) atoms. The molecule has 1 aliphatic heterocycles. The molecule has 1 aliphatic rings. The van der Waals surface area contributed by atoms with Crippen molar-refractivity contribution in [2.24, 2.45) is 7.05 Å². The Morgan fingerprint density at radius 3 is 2.89 bits per heavy atom. The van der Waals surface area contributed by atoms with Crippen molar-refractivity contribution in [2.75, 3.05) is 17.7 Å². The summed E-state index contributed by atoms with van der Waals surface area (Å²) >= 11 is 5.40. The highest BCUT2D eigenvalue weighted by atomic mass is 79.9. The molecule has 0 spiro atoms. The van der Waals surface area contributed by atoms with E-state index in [1.807, 2.05) is 41.7 Å². The number of pyridine rings is 1. The SMILES string of the molecule is Cc1cc(Br)ccc1[C@@H]1SC[C@H](CO)Nc2c1c(-c1ccccn1)nn2C. The van der Waals surface area contributed by atoms with E-state index in [0.29, 0.717) is 0 Å². The van der Waals surface area contributed by atoms with Gasteiger partial charge in [0.15, 0.2) is 0 Å². The molecule has 2 aromatic heterocycles. The molecule has 0 saturated heterocycles. The number of rotatable bonds is 3. The first-order chi connectivity index (χ1) is 13.1. The van der Waals surface area contributed by atoms with Gasteiger partial charge in [0.05, 0.1) is 23.6 Å². The summed E-state index contributed by atoms with van der Waals surface area (Å²) in [5.74, 6) is 1.76. The van der Waals surface area contributed by atoms with Gasteiger partial charge in [-0.25, -0.2) is 0 Å². The van der Waals surface area contributed by atoms with Gasteiger partial charge in [-0.05, 0) is 42.3 Å². The molecule has 1 aromatic carbocycles. The second-order valence-corrected chi connectivity index (χ2v) is 8.74. The van der Waals surface area contributed by atoms with Crippen molar-refractivity contribution in [1.29, 1.82) is 0 Å². The van der Waals surface area contributed by atoms with E-state index in [4.69, 9.17) is 5.10 Å². The smallest absolute Gasteiger partial charge is 0.129 e. The van der Waals surface area contributed by atoms with Gasteiger partial charge in [-0.3, -0.25) is 9.67 Å². The van der Waals surface area contributed by atoms with Gasteiger partial charge < -0.3 is 10.4 Å². The summed E-state index contributed by atoms with van der Waals surface area (Å²) in [5.41, 5.74) is 5.36. The Labute approximate surface area is 171 Å². The fourth-order valence-corrected chi connectivity index (χ4v) is 5.38. The fraction of sp³-hybridized carbons (Fsp3) is 0.300. The normalized spacial score (nSPS) is 19.3. The first-order valence-corrected chi connectivity index (χ1v) is 10.7. The van der Waals surface area contributed by atoms with Crippen molar-refractivity contribution < 1.29 is 5.11 Å². The van der Waals surface area contributed by atoms with Gasteiger partial charge in [0.25, 0.3) is 0 Å². The number of hydrogen-bond acceptors (Lipinski definition) is 5. The maximum atomic E-state index is 9.78. The molecule has 140 valence electrons. The van der Waals surface area contributed by atoms with Crippen molar-refractivity contribution in [3.8, 4) is 11.4 Å². The minimum Gasteiger partial charge on any atom is -0.394 e. The average Bonchev–Trinajstić information content (AvgIpc) is 2.86. The lowest BCUT2D eigenvalue weighted by atomic mass is 9.98. The van der Waals surface area contributed by atoms with Crippen LogP contribution >= 0.6 is 27.7 Å². The molecule has 0 unspecified atom stereocenters. The van der Waals surface area contributed by atoms with Gasteiger partial charge in [-0.2, -0.15) is 5.10 Å². The van der Waals surface area contributed by atoms with E-state index in [2.05, 4.69) is 51.4 Å². The van der Waals surface area contributed by atoms with E-state index < -0.39 is 0 Å². The standard InChI is InChI=1S/C20H21BrN4OS/c1-12-9-13(21)6-7-15(12)19-17-18(16-5-3-4-8-22-16)24-25(2)20(17)23-14(10-26)11-27-19/h3-9,14,19,23,26H,10-11H2,1-2H3/t14-,19-/m0/s1. The van der Waals surface area contributed by atoms with Crippen LogP contribution in [0.1, 0.15) is 21.9 Å². The molecule has 3 aromatic rings. The number of aliphatic hydroxyl groups excluding tert-OH is 1. The van der Waals surface area contributed by atoms with E-state index in [1.54, 1.807) is 6.20 Å². The topological polar surface area (TPSA) is 63.0 Å². The summed E-state index contributed by atoms with van der Waals surface area (Å²) in [6.07, 6.45) is 1.80. The van der Waals surface area contributed by atoms with Crippen LogP contribution in [0, 0.1) is 6.92 Å². The maximum absolute atomic E-state index is 9.78. The molecule has 0 aliphatic carbocycles. The molecule has 2 N–H and O–H groups in total. The predicted molar refractivity (Wildman–Crippen MR) is 114 cm³/mol. The van der Waals surface area contributed by atoms with Crippen LogP contribution in [0.4, 0.5) is 5.82 Å². The van der Waals surface area contributed by atoms with E-state index in [0.717, 1.165) is 33.0 Å². The molecule has 0 amide bonds. The zero-order valence-corrected chi connectivity index (χ0v) is 17.6. The summed E-state index contributed by atoms with van der Waals surface area (Å²) in [6, 6.07) is 12.3. The number of anilines is 1. The summed E-state index contributed by atoms with van der Waals surface area (Å²) in [5, 5.41) is 18.2. The van der Waals surface area contributed by atoms with Crippen LogP contribution in [-0.2, 0) is 7.05 Å². The quantitative estimate of drug-likeness (QED) is 0.634. The average molecular weight is 445 g/mol. The number of aliphatic hydroxyl groups is 1. The van der Waals surface area contributed by atoms with Crippen LogP contribution < -0.4 is 5.32 Å². The number of hydrogen-bond donors (Lipinski definition) is 2. The van der Waals surface area contributed by atoms with Crippen LogP contribution in [0.25, 0.3) is 11.4 Å². The molecule has 5 nitrogen and oxygen atoms in total. The first-order valence-electron chi connectivity index (χ1n) is 8.82. The van der Waals surface area contributed by atoms with Gasteiger partial charge in [-0.15, -0.1) is 11.8 Å². The van der Waals surface area contributed by atoms with Crippen molar-refractivity contribution in [1.82, 2.24) is 14.8 Å². The van der Waals surface area contributed by atoms with Crippen molar-refractivity contribution in [3.63, 3.8) is 0 Å². The Hall–Kier alpha value is -1.83. The number of aromatic nitrogens is 3. The summed E-state index contributed by atoms with van der Waals surface area (Å²) in [6.45, 7) is 2.22. The second-order valence-electron chi connectivity index (χ2n) is 6.69. The van der Waals surface area contributed by atoms with Crippen LogP contribution in [-0.4, -0.2) is 38.3 Å². The Bertz CT molecular complexity index is 960. The number of nitrogens with one attached hydrogen (secondary N) is 1. The van der Waals surface area contributed by atoms with Crippen LogP contribution in [0.2, 0.25) is 0 Å². The Balaban J connectivity index is 1.92. The highest BCUT2D eigenvalue weighted by Gasteiger charge is 2.32. The van der Waals surface area contributed by atoms with Gasteiger partial charge in [0, 0.05) is 29.0 Å². The summed E-state index contributed by atoms with van der Waals surface area (Å²) < 4.78 is 2.94. The lowest BCUT2D eigenvalue weighted by Crippen LogP contribution is -2.26. The Kier molecular flexibility index (Phi) is 5.25. The van der Waals surface area contributed by atoms with E-state index in [-0.39, 0.29) is 17.9 Å². The van der Waals surface area contributed by atoms with Gasteiger partial charge in [0.2, 0.25) is 0 Å². The Morgan fingerprint density at radius 2 is 2.19 bits per heavy atom. The van der Waals surface area contributed by atoms with Crippen LogP contribution in [0.5, 0.6) is 0 Å². The fourth-order valence-electron chi connectivity index (χ4n) is 3.46. The molecule has 2 atom stereocenters. The number of nitrogens with zero attached hydrogens (tertiary/aromatic N) is 3. The molecular formula is C20H21BrN4OS. The molecule has 3 heterocycles. The van der Waals surface area contributed by atoms with E-state index in [9.17, 15) is 5.11 Å². The second kappa shape index (κ2) is 7.66.